The van der Waals surface area contributed by atoms with E-state index in [0.29, 0.717) is 18.0 Å². The van der Waals surface area contributed by atoms with Gasteiger partial charge in [-0.05, 0) is 37.5 Å². The second kappa shape index (κ2) is 6.68. The summed E-state index contributed by atoms with van der Waals surface area (Å²) in [6.45, 7) is 1.99. The number of aromatic nitrogens is 1. The summed E-state index contributed by atoms with van der Waals surface area (Å²) in [4.78, 5) is 28.5. The molecular formula is C17H17FN2O3S. The Balaban J connectivity index is 1.76. The fraction of sp³-hybridized carbons (Fsp3) is 0.353. The molecule has 0 spiro atoms. The van der Waals surface area contributed by atoms with Crippen molar-refractivity contribution in [2.45, 2.75) is 31.6 Å². The van der Waals surface area contributed by atoms with Gasteiger partial charge in [0.2, 0.25) is 5.91 Å². The number of rotatable bonds is 5. The zero-order valence-electron chi connectivity index (χ0n) is 13.2. The number of thiazole rings is 1. The third-order valence-electron chi connectivity index (χ3n) is 4.25. The average Bonchev–Trinajstić information content (AvgIpc) is 2.97. The topological polar surface area (TPSA) is 68.3 Å². The summed E-state index contributed by atoms with van der Waals surface area (Å²) in [5.74, 6) is -1.01. The summed E-state index contributed by atoms with van der Waals surface area (Å²) in [6.07, 6.45) is 2.36. The molecule has 1 saturated carbocycles. The Morgan fingerprint density at radius 1 is 1.33 bits per heavy atom. The fourth-order valence-corrected chi connectivity index (χ4v) is 3.47. The summed E-state index contributed by atoms with van der Waals surface area (Å²) < 4.78 is 18.0. The lowest BCUT2D eigenvalue weighted by Gasteiger charge is -2.40. The fourth-order valence-electron chi connectivity index (χ4n) is 2.79. The number of amides is 1. The van der Waals surface area contributed by atoms with Gasteiger partial charge in [-0.25, -0.2) is 14.2 Å². The van der Waals surface area contributed by atoms with Gasteiger partial charge in [-0.3, -0.25) is 4.79 Å². The largest absolute Gasteiger partial charge is 0.461 e. The SMILES string of the molecule is CCOC(=O)c1csc(NC(=O)C2(c3ccc(F)cc3)CCC2)n1. The van der Waals surface area contributed by atoms with Crippen molar-refractivity contribution in [3.63, 3.8) is 0 Å². The molecule has 5 nitrogen and oxygen atoms in total. The van der Waals surface area contributed by atoms with Gasteiger partial charge >= 0.3 is 5.97 Å². The summed E-state index contributed by atoms with van der Waals surface area (Å²) >= 11 is 1.18. The van der Waals surface area contributed by atoms with E-state index < -0.39 is 11.4 Å². The van der Waals surface area contributed by atoms with Gasteiger partial charge < -0.3 is 10.1 Å². The first-order chi connectivity index (χ1) is 11.5. The van der Waals surface area contributed by atoms with Crippen LogP contribution < -0.4 is 5.32 Å². The Labute approximate surface area is 142 Å². The molecule has 1 aliphatic rings. The van der Waals surface area contributed by atoms with Crippen LogP contribution in [0.15, 0.2) is 29.6 Å². The molecule has 0 unspecified atom stereocenters. The minimum atomic E-state index is -0.649. The molecule has 1 aromatic carbocycles. The molecule has 2 aromatic rings. The highest BCUT2D eigenvalue weighted by atomic mass is 32.1. The summed E-state index contributed by atoms with van der Waals surface area (Å²) in [5.41, 5.74) is 0.333. The third-order valence-corrected chi connectivity index (χ3v) is 5.01. The molecule has 24 heavy (non-hydrogen) atoms. The number of nitrogens with one attached hydrogen (secondary N) is 1. The second-order valence-corrected chi connectivity index (χ2v) is 6.51. The number of nitrogens with zero attached hydrogens (tertiary/aromatic N) is 1. The van der Waals surface area contributed by atoms with Gasteiger partial charge in [-0.1, -0.05) is 18.6 Å². The van der Waals surface area contributed by atoms with Crippen molar-refractivity contribution in [1.29, 1.82) is 0 Å². The maximum absolute atomic E-state index is 13.1. The minimum absolute atomic E-state index is 0.176. The maximum Gasteiger partial charge on any atom is 0.357 e. The van der Waals surface area contributed by atoms with Crippen LogP contribution in [0.25, 0.3) is 0 Å². The minimum Gasteiger partial charge on any atom is -0.461 e. The number of carbonyl (C=O) groups excluding carboxylic acids is 2. The molecule has 0 atom stereocenters. The van der Waals surface area contributed by atoms with Gasteiger partial charge in [0, 0.05) is 5.38 Å². The Hall–Kier alpha value is -2.28. The lowest BCUT2D eigenvalue weighted by molar-refractivity contribution is -0.124. The van der Waals surface area contributed by atoms with E-state index >= 15 is 0 Å². The van der Waals surface area contributed by atoms with Crippen molar-refractivity contribution in [1.82, 2.24) is 4.98 Å². The van der Waals surface area contributed by atoms with Crippen molar-refractivity contribution in [3.8, 4) is 0 Å². The van der Waals surface area contributed by atoms with Crippen LogP contribution in [0.1, 0.15) is 42.2 Å². The Morgan fingerprint density at radius 3 is 2.62 bits per heavy atom. The Kier molecular flexibility index (Phi) is 4.62. The van der Waals surface area contributed by atoms with E-state index in [1.807, 2.05) is 0 Å². The van der Waals surface area contributed by atoms with Crippen molar-refractivity contribution >= 4 is 28.3 Å². The highest BCUT2D eigenvalue weighted by Crippen LogP contribution is 2.44. The van der Waals surface area contributed by atoms with Crippen LogP contribution in [0, 0.1) is 5.82 Å². The number of esters is 1. The van der Waals surface area contributed by atoms with E-state index in [1.165, 1.54) is 23.5 Å². The predicted octanol–water partition coefficient (Wildman–Crippen LogP) is 3.52. The number of halogens is 1. The van der Waals surface area contributed by atoms with E-state index in [-0.39, 0.29) is 24.0 Å². The molecule has 3 rings (SSSR count). The summed E-state index contributed by atoms with van der Waals surface area (Å²) in [7, 11) is 0. The van der Waals surface area contributed by atoms with E-state index in [1.54, 1.807) is 24.4 Å². The Morgan fingerprint density at radius 2 is 2.04 bits per heavy atom. The predicted molar refractivity (Wildman–Crippen MR) is 88.6 cm³/mol. The van der Waals surface area contributed by atoms with E-state index in [9.17, 15) is 14.0 Å². The van der Waals surface area contributed by atoms with Gasteiger partial charge in [-0.15, -0.1) is 11.3 Å². The van der Waals surface area contributed by atoms with Crippen molar-refractivity contribution in [2.75, 3.05) is 11.9 Å². The molecule has 0 aliphatic heterocycles. The molecule has 1 fully saturated rings. The van der Waals surface area contributed by atoms with E-state index in [2.05, 4.69) is 10.3 Å². The van der Waals surface area contributed by atoms with Crippen molar-refractivity contribution < 1.29 is 18.7 Å². The van der Waals surface area contributed by atoms with Gasteiger partial charge in [-0.2, -0.15) is 0 Å². The number of ether oxygens (including phenoxy) is 1. The quantitative estimate of drug-likeness (QED) is 0.840. The lowest BCUT2D eigenvalue weighted by Crippen LogP contribution is -2.46. The second-order valence-electron chi connectivity index (χ2n) is 5.66. The monoisotopic (exact) mass is 348 g/mol. The number of carbonyl (C=O) groups is 2. The Bertz CT molecular complexity index is 753. The van der Waals surface area contributed by atoms with Crippen LogP contribution in [0.5, 0.6) is 0 Å². The smallest absolute Gasteiger partial charge is 0.357 e. The lowest BCUT2D eigenvalue weighted by atomic mass is 9.64. The zero-order valence-corrected chi connectivity index (χ0v) is 14.0. The normalized spacial score (nSPS) is 15.4. The van der Waals surface area contributed by atoms with Crippen LogP contribution in [0.2, 0.25) is 0 Å². The van der Waals surface area contributed by atoms with E-state index in [0.717, 1.165) is 12.0 Å². The summed E-state index contributed by atoms with van der Waals surface area (Å²) in [5, 5.41) is 4.69. The number of hydrogen-bond donors (Lipinski definition) is 1. The van der Waals surface area contributed by atoms with Crippen LogP contribution in [0.3, 0.4) is 0 Å². The van der Waals surface area contributed by atoms with Gasteiger partial charge in [0.1, 0.15) is 5.82 Å². The molecule has 1 N–H and O–H groups in total. The van der Waals surface area contributed by atoms with Crippen LogP contribution in [-0.4, -0.2) is 23.5 Å². The highest BCUT2D eigenvalue weighted by Gasteiger charge is 2.45. The van der Waals surface area contributed by atoms with Gasteiger partial charge in [0.15, 0.2) is 10.8 Å². The number of hydrogen-bond acceptors (Lipinski definition) is 5. The molecule has 1 aliphatic carbocycles. The summed E-state index contributed by atoms with van der Waals surface area (Å²) in [6, 6.07) is 6.04. The van der Waals surface area contributed by atoms with Gasteiger partial charge in [0.25, 0.3) is 0 Å². The molecule has 126 valence electrons. The molecule has 7 heteroatoms. The van der Waals surface area contributed by atoms with Gasteiger partial charge in [0.05, 0.1) is 12.0 Å². The van der Waals surface area contributed by atoms with Crippen LogP contribution in [0.4, 0.5) is 9.52 Å². The van der Waals surface area contributed by atoms with E-state index in [4.69, 9.17) is 4.74 Å². The highest BCUT2D eigenvalue weighted by molar-refractivity contribution is 7.14. The van der Waals surface area contributed by atoms with Crippen LogP contribution in [-0.2, 0) is 14.9 Å². The standard InChI is InChI=1S/C17H17FN2O3S/c1-2-23-14(21)13-10-24-16(19-13)20-15(22)17(8-3-9-17)11-4-6-12(18)7-5-11/h4-7,10H,2-3,8-9H2,1H3,(H,19,20,22). The first-order valence-corrected chi connectivity index (χ1v) is 8.63. The first kappa shape index (κ1) is 16.6. The molecule has 1 heterocycles. The molecule has 1 amide bonds. The first-order valence-electron chi connectivity index (χ1n) is 7.75. The zero-order chi connectivity index (χ0) is 17.2. The van der Waals surface area contributed by atoms with Crippen molar-refractivity contribution in [3.05, 3.63) is 46.7 Å². The van der Waals surface area contributed by atoms with Crippen LogP contribution >= 0.6 is 11.3 Å². The maximum atomic E-state index is 13.1. The third kappa shape index (κ3) is 3.03. The molecule has 0 saturated heterocycles. The average molecular weight is 348 g/mol. The molecule has 0 bridgehead atoms. The number of benzene rings is 1. The molecule has 0 radical (unpaired) electrons. The number of anilines is 1. The molecule has 1 aromatic heterocycles. The molecular weight excluding hydrogens is 331 g/mol. The van der Waals surface area contributed by atoms with Crippen molar-refractivity contribution in [2.24, 2.45) is 0 Å².